The minimum Gasteiger partial charge on any atom is -0.444 e. The quantitative estimate of drug-likeness (QED) is 0.914. The van der Waals surface area contributed by atoms with Crippen LogP contribution in [-0.4, -0.2) is 51.4 Å². The second-order valence-corrected chi connectivity index (χ2v) is 7.34. The van der Waals surface area contributed by atoms with Crippen molar-refractivity contribution >= 4 is 17.4 Å². The lowest BCUT2D eigenvalue weighted by atomic mass is 10.0. The Hall–Kier alpha value is -2.35. The normalized spacial score (nSPS) is 18.1. The molecular formula is C17H25N5O3. The highest BCUT2D eigenvalue weighted by atomic mass is 16.6. The van der Waals surface area contributed by atoms with Gasteiger partial charge in [0.25, 0.3) is 0 Å². The molecule has 1 aliphatic rings. The SMILES string of the molecule is COCc1cc2c(N)ncnn2c1C1CCN(C(=O)OC(C)(C)C)C1. The Kier molecular flexibility index (Phi) is 4.55. The summed E-state index contributed by atoms with van der Waals surface area (Å²) in [6, 6.07) is 1.96. The van der Waals surface area contributed by atoms with Crippen molar-refractivity contribution in [3.8, 4) is 0 Å². The number of nitrogens with zero attached hydrogens (tertiary/aromatic N) is 4. The van der Waals surface area contributed by atoms with Gasteiger partial charge in [-0.1, -0.05) is 0 Å². The molecule has 3 rings (SSSR count). The number of amides is 1. The second kappa shape index (κ2) is 6.51. The Labute approximate surface area is 146 Å². The maximum absolute atomic E-state index is 12.3. The molecule has 1 unspecified atom stereocenters. The van der Waals surface area contributed by atoms with Gasteiger partial charge in [0.15, 0.2) is 5.82 Å². The number of nitrogens with two attached hydrogens (primary N) is 1. The van der Waals surface area contributed by atoms with Crippen LogP contribution in [-0.2, 0) is 16.1 Å². The van der Waals surface area contributed by atoms with E-state index in [1.807, 2.05) is 31.4 Å². The Morgan fingerprint density at radius 1 is 1.44 bits per heavy atom. The van der Waals surface area contributed by atoms with Crippen molar-refractivity contribution in [2.24, 2.45) is 0 Å². The summed E-state index contributed by atoms with van der Waals surface area (Å²) < 4.78 is 12.6. The number of ether oxygens (including phenoxy) is 2. The number of aromatic nitrogens is 3. The molecule has 1 fully saturated rings. The predicted molar refractivity (Wildman–Crippen MR) is 93.3 cm³/mol. The molecular weight excluding hydrogens is 322 g/mol. The van der Waals surface area contributed by atoms with Gasteiger partial charge < -0.3 is 20.1 Å². The van der Waals surface area contributed by atoms with Crippen LogP contribution in [0.3, 0.4) is 0 Å². The molecule has 0 aliphatic carbocycles. The third-order valence-corrected chi connectivity index (χ3v) is 4.25. The van der Waals surface area contributed by atoms with Crippen molar-refractivity contribution in [2.45, 2.75) is 45.3 Å². The van der Waals surface area contributed by atoms with Crippen molar-refractivity contribution in [2.75, 3.05) is 25.9 Å². The Balaban J connectivity index is 1.88. The third kappa shape index (κ3) is 3.53. The maximum atomic E-state index is 12.3. The van der Waals surface area contributed by atoms with Crippen LogP contribution < -0.4 is 5.73 Å². The maximum Gasteiger partial charge on any atom is 0.410 e. The van der Waals surface area contributed by atoms with Gasteiger partial charge in [-0.3, -0.25) is 0 Å². The summed E-state index contributed by atoms with van der Waals surface area (Å²) in [4.78, 5) is 18.1. The summed E-state index contributed by atoms with van der Waals surface area (Å²) in [6.07, 6.45) is 2.01. The number of likely N-dealkylation sites (tertiary alicyclic amines) is 1. The predicted octanol–water partition coefficient (Wildman–Crippen LogP) is 2.18. The highest BCUT2D eigenvalue weighted by Crippen LogP contribution is 2.33. The lowest BCUT2D eigenvalue weighted by Gasteiger charge is -2.24. The molecule has 8 heteroatoms. The van der Waals surface area contributed by atoms with Gasteiger partial charge in [-0.05, 0) is 33.3 Å². The summed E-state index contributed by atoms with van der Waals surface area (Å²) in [5, 5.41) is 4.35. The average Bonchev–Trinajstić information content (AvgIpc) is 3.11. The summed E-state index contributed by atoms with van der Waals surface area (Å²) in [5.74, 6) is 0.579. The number of nitrogen functional groups attached to an aromatic ring is 1. The Morgan fingerprint density at radius 3 is 2.88 bits per heavy atom. The van der Waals surface area contributed by atoms with Crippen LogP contribution in [0.4, 0.5) is 10.6 Å². The third-order valence-electron chi connectivity index (χ3n) is 4.25. The van der Waals surface area contributed by atoms with E-state index in [9.17, 15) is 4.79 Å². The molecule has 0 aromatic carbocycles. The lowest BCUT2D eigenvalue weighted by molar-refractivity contribution is 0.0292. The van der Waals surface area contributed by atoms with Crippen molar-refractivity contribution in [3.05, 3.63) is 23.7 Å². The van der Waals surface area contributed by atoms with Crippen LogP contribution in [0.25, 0.3) is 5.52 Å². The van der Waals surface area contributed by atoms with Crippen LogP contribution in [0, 0.1) is 0 Å². The van der Waals surface area contributed by atoms with Gasteiger partial charge in [0.2, 0.25) is 0 Å². The van der Waals surface area contributed by atoms with Crippen LogP contribution in [0.1, 0.15) is 44.4 Å². The zero-order valence-corrected chi connectivity index (χ0v) is 15.2. The average molecular weight is 347 g/mol. The highest BCUT2D eigenvalue weighted by molar-refractivity contribution is 5.70. The number of fused-ring (bicyclic) bond motifs is 1. The number of hydrogen-bond donors (Lipinski definition) is 1. The number of methoxy groups -OCH3 is 1. The zero-order chi connectivity index (χ0) is 18.2. The molecule has 1 aliphatic heterocycles. The fourth-order valence-electron chi connectivity index (χ4n) is 3.26. The molecule has 0 bridgehead atoms. The van der Waals surface area contributed by atoms with Gasteiger partial charge in [0.05, 0.1) is 12.3 Å². The van der Waals surface area contributed by atoms with Crippen molar-refractivity contribution in [3.63, 3.8) is 0 Å². The van der Waals surface area contributed by atoms with Crippen molar-refractivity contribution < 1.29 is 14.3 Å². The number of carbonyl (C=O) groups is 1. The first-order valence-electron chi connectivity index (χ1n) is 8.38. The van der Waals surface area contributed by atoms with Crippen molar-refractivity contribution in [1.29, 1.82) is 0 Å². The zero-order valence-electron chi connectivity index (χ0n) is 15.2. The van der Waals surface area contributed by atoms with Crippen LogP contribution in [0.5, 0.6) is 0 Å². The minimum atomic E-state index is -0.500. The first-order chi connectivity index (χ1) is 11.8. The molecule has 2 aromatic rings. The number of carbonyl (C=O) groups excluding carboxylic acids is 1. The summed E-state index contributed by atoms with van der Waals surface area (Å²) >= 11 is 0. The van der Waals surface area contributed by atoms with Crippen LogP contribution in [0.15, 0.2) is 12.4 Å². The molecule has 1 amide bonds. The number of anilines is 1. The minimum absolute atomic E-state index is 0.148. The van der Waals surface area contributed by atoms with E-state index < -0.39 is 5.60 Å². The first kappa shape index (κ1) is 17.5. The highest BCUT2D eigenvalue weighted by Gasteiger charge is 2.33. The first-order valence-corrected chi connectivity index (χ1v) is 8.38. The number of rotatable bonds is 3. The van der Waals surface area contributed by atoms with E-state index in [-0.39, 0.29) is 12.0 Å². The molecule has 3 heterocycles. The smallest absolute Gasteiger partial charge is 0.410 e. The van der Waals surface area contributed by atoms with Crippen LogP contribution in [0.2, 0.25) is 0 Å². The monoisotopic (exact) mass is 347 g/mol. The van der Waals surface area contributed by atoms with E-state index in [4.69, 9.17) is 15.2 Å². The van der Waals surface area contributed by atoms with Gasteiger partial charge in [0.1, 0.15) is 17.4 Å². The molecule has 25 heavy (non-hydrogen) atoms. The molecule has 8 nitrogen and oxygen atoms in total. The molecule has 2 aromatic heterocycles. The molecule has 1 atom stereocenters. The largest absolute Gasteiger partial charge is 0.444 e. The fraction of sp³-hybridized carbons (Fsp3) is 0.588. The van der Waals surface area contributed by atoms with Crippen molar-refractivity contribution in [1.82, 2.24) is 19.5 Å². The van der Waals surface area contributed by atoms with Gasteiger partial charge in [-0.15, -0.1) is 0 Å². The Bertz CT molecular complexity index is 780. The molecule has 0 spiro atoms. The molecule has 2 N–H and O–H groups in total. The van der Waals surface area contributed by atoms with E-state index in [0.717, 1.165) is 23.2 Å². The molecule has 1 saturated heterocycles. The van der Waals surface area contributed by atoms with Gasteiger partial charge in [-0.2, -0.15) is 5.10 Å². The summed E-state index contributed by atoms with van der Waals surface area (Å²) in [5.41, 5.74) is 8.29. The van der Waals surface area contributed by atoms with Gasteiger partial charge >= 0.3 is 6.09 Å². The molecule has 0 radical (unpaired) electrons. The fourth-order valence-corrected chi connectivity index (χ4v) is 3.26. The summed E-state index contributed by atoms with van der Waals surface area (Å²) in [6.45, 7) is 7.31. The van der Waals surface area contributed by atoms with E-state index in [1.54, 1.807) is 12.0 Å². The Morgan fingerprint density at radius 2 is 2.20 bits per heavy atom. The van der Waals surface area contributed by atoms with E-state index >= 15 is 0 Å². The topological polar surface area (TPSA) is 95.0 Å². The van der Waals surface area contributed by atoms with E-state index in [1.165, 1.54) is 6.33 Å². The van der Waals surface area contributed by atoms with Gasteiger partial charge in [-0.25, -0.2) is 14.3 Å². The standard InChI is InChI=1S/C17H25N5O3/c1-17(2,3)25-16(23)21-6-5-11(8-21)14-12(9-24-4)7-13-15(18)19-10-20-22(13)14/h7,10-11H,5-6,8-9H2,1-4H3,(H2,18,19,20). The summed E-state index contributed by atoms with van der Waals surface area (Å²) in [7, 11) is 1.66. The van der Waals surface area contributed by atoms with E-state index in [2.05, 4.69) is 10.1 Å². The number of hydrogen-bond acceptors (Lipinski definition) is 6. The lowest BCUT2D eigenvalue weighted by Crippen LogP contribution is -2.35. The van der Waals surface area contributed by atoms with E-state index in [0.29, 0.717) is 25.5 Å². The second-order valence-electron chi connectivity index (χ2n) is 7.34. The van der Waals surface area contributed by atoms with Crippen LogP contribution >= 0.6 is 0 Å². The van der Waals surface area contributed by atoms with Gasteiger partial charge in [0, 0.05) is 31.7 Å². The molecule has 136 valence electrons. The molecule has 0 saturated carbocycles.